The molecule has 0 aliphatic heterocycles. The standard InChI is InChI=1S/C18H12FN3O2/c19-13-6-2-1-5-12(13)14-9-10-18(23)22(21-14)11-17-20-15-7-3-4-8-16(15)24-17/h1-10H,11H2. The van der Waals surface area contributed by atoms with Crippen molar-refractivity contribution in [1.82, 2.24) is 14.8 Å². The molecule has 0 fully saturated rings. The van der Waals surface area contributed by atoms with Gasteiger partial charge in [0.1, 0.15) is 17.9 Å². The van der Waals surface area contributed by atoms with Crippen LogP contribution in [0.15, 0.2) is 69.9 Å². The van der Waals surface area contributed by atoms with Crippen LogP contribution in [0.1, 0.15) is 5.89 Å². The van der Waals surface area contributed by atoms with E-state index >= 15 is 0 Å². The molecule has 0 radical (unpaired) electrons. The van der Waals surface area contributed by atoms with Crippen molar-refractivity contribution in [3.63, 3.8) is 0 Å². The minimum Gasteiger partial charge on any atom is -0.439 e. The third-order valence-electron chi connectivity index (χ3n) is 3.64. The molecule has 2 aromatic heterocycles. The summed E-state index contributed by atoms with van der Waals surface area (Å²) in [6.07, 6.45) is 0. The maximum Gasteiger partial charge on any atom is 0.267 e. The molecular weight excluding hydrogens is 309 g/mol. The van der Waals surface area contributed by atoms with Gasteiger partial charge in [-0.05, 0) is 30.3 Å². The van der Waals surface area contributed by atoms with Gasteiger partial charge in [0, 0.05) is 11.6 Å². The van der Waals surface area contributed by atoms with E-state index in [0.29, 0.717) is 28.2 Å². The van der Waals surface area contributed by atoms with E-state index in [1.54, 1.807) is 24.3 Å². The van der Waals surface area contributed by atoms with Crippen LogP contribution in [0.2, 0.25) is 0 Å². The molecule has 0 bridgehead atoms. The maximum atomic E-state index is 13.9. The minimum atomic E-state index is -0.392. The van der Waals surface area contributed by atoms with E-state index < -0.39 is 5.82 Å². The fraction of sp³-hybridized carbons (Fsp3) is 0.0556. The van der Waals surface area contributed by atoms with Gasteiger partial charge in [0.05, 0.1) is 5.69 Å². The number of nitrogens with zero attached hydrogens (tertiary/aromatic N) is 3. The molecule has 0 aliphatic rings. The first-order chi connectivity index (χ1) is 11.7. The topological polar surface area (TPSA) is 60.9 Å². The molecule has 0 N–H and O–H groups in total. The molecule has 0 amide bonds. The Kier molecular flexibility index (Phi) is 3.42. The van der Waals surface area contributed by atoms with Gasteiger partial charge in [0.25, 0.3) is 5.56 Å². The number of para-hydroxylation sites is 2. The van der Waals surface area contributed by atoms with Crippen molar-refractivity contribution < 1.29 is 8.81 Å². The highest BCUT2D eigenvalue weighted by Crippen LogP contribution is 2.19. The fourth-order valence-corrected chi connectivity index (χ4v) is 2.49. The summed E-state index contributed by atoms with van der Waals surface area (Å²) in [7, 11) is 0. The van der Waals surface area contributed by atoms with E-state index in [4.69, 9.17) is 4.42 Å². The average molecular weight is 321 g/mol. The van der Waals surface area contributed by atoms with Crippen LogP contribution in [0, 0.1) is 5.82 Å². The zero-order chi connectivity index (χ0) is 16.5. The molecule has 24 heavy (non-hydrogen) atoms. The Morgan fingerprint density at radius 3 is 2.62 bits per heavy atom. The van der Waals surface area contributed by atoms with Crippen molar-refractivity contribution in [2.75, 3.05) is 0 Å². The Labute approximate surface area is 136 Å². The molecule has 6 heteroatoms. The number of hydrogen-bond acceptors (Lipinski definition) is 4. The van der Waals surface area contributed by atoms with Crippen LogP contribution < -0.4 is 5.56 Å². The Morgan fingerprint density at radius 2 is 1.79 bits per heavy atom. The number of rotatable bonds is 3. The zero-order valence-corrected chi connectivity index (χ0v) is 12.5. The van der Waals surface area contributed by atoms with Crippen LogP contribution in [0.5, 0.6) is 0 Å². The van der Waals surface area contributed by atoms with Gasteiger partial charge in [0.15, 0.2) is 5.58 Å². The molecule has 4 rings (SSSR count). The van der Waals surface area contributed by atoms with Crippen LogP contribution in [0.4, 0.5) is 4.39 Å². The molecule has 4 aromatic rings. The van der Waals surface area contributed by atoms with Gasteiger partial charge in [-0.15, -0.1) is 0 Å². The Hall–Kier alpha value is -3.28. The van der Waals surface area contributed by atoms with Gasteiger partial charge in [-0.25, -0.2) is 14.1 Å². The Bertz CT molecular complexity index is 1050. The number of halogens is 1. The summed E-state index contributed by atoms with van der Waals surface area (Å²) in [6, 6.07) is 16.5. The SMILES string of the molecule is O=c1ccc(-c2ccccc2F)nn1Cc1nc2ccccc2o1. The smallest absolute Gasteiger partial charge is 0.267 e. The predicted octanol–water partition coefficient (Wildman–Crippen LogP) is 3.24. The van der Waals surface area contributed by atoms with E-state index in [-0.39, 0.29) is 12.1 Å². The number of aromatic nitrogens is 3. The average Bonchev–Trinajstić information content (AvgIpc) is 3.00. The summed E-state index contributed by atoms with van der Waals surface area (Å²) in [6.45, 7) is 0.0792. The van der Waals surface area contributed by atoms with Crippen LogP contribution in [-0.4, -0.2) is 14.8 Å². The second-order valence-electron chi connectivity index (χ2n) is 5.27. The van der Waals surface area contributed by atoms with Gasteiger partial charge >= 0.3 is 0 Å². The third-order valence-corrected chi connectivity index (χ3v) is 3.64. The quantitative estimate of drug-likeness (QED) is 0.581. The van der Waals surface area contributed by atoms with Gasteiger partial charge in [-0.2, -0.15) is 5.10 Å². The van der Waals surface area contributed by atoms with E-state index in [0.717, 1.165) is 0 Å². The molecule has 2 heterocycles. The van der Waals surface area contributed by atoms with Crippen molar-refractivity contribution in [2.24, 2.45) is 0 Å². The number of oxazole rings is 1. The van der Waals surface area contributed by atoms with Gasteiger partial charge in [0.2, 0.25) is 5.89 Å². The van der Waals surface area contributed by atoms with Crippen LogP contribution in [-0.2, 0) is 6.54 Å². The molecule has 0 aliphatic carbocycles. The third kappa shape index (κ3) is 2.58. The molecule has 0 saturated heterocycles. The Balaban J connectivity index is 1.74. The number of fused-ring (bicyclic) bond motifs is 1. The van der Waals surface area contributed by atoms with Crippen molar-refractivity contribution in [2.45, 2.75) is 6.54 Å². The summed E-state index contributed by atoms with van der Waals surface area (Å²) in [4.78, 5) is 16.4. The Morgan fingerprint density at radius 1 is 1.00 bits per heavy atom. The lowest BCUT2D eigenvalue weighted by atomic mass is 10.1. The normalized spacial score (nSPS) is 11.0. The van der Waals surface area contributed by atoms with Crippen LogP contribution >= 0.6 is 0 Å². The van der Waals surface area contributed by atoms with Gasteiger partial charge < -0.3 is 4.42 Å². The maximum absolute atomic E-state index is 13.9. The van der Waals surface area contributed by atoms with E-state index in [1.165, 1.54) is 22.9 Å². The lowest BCUT2D eigenvalue weighted by Crippen LogP contribution is -2.23. The minimum absolute atomic E-state index is 0.0792. The lowest BCUT2D eigenvalue weighted by Gasteiger charge is -2.06. The highest BCUT2D eigenvalue weighted by Gasteiger charge is 2.11. The molecule has 2 aromatic carbocycles. The monoisotopic (exact) mass is 321 g/mol. The van der Waals surface area contributed by atoms with Gasteiger partial charge in [-0.1, -0.05) is 24.3 Å². The van der Waals surface area contributed by atoms with Crippen molar-refractivity contribution in [1.29, 1.82) is 0 Å². The molecule has 5 nitrogen and oxygen atoms in total. The molecule has 0 unspecified atom stereocenters. The molecule has 0 spiro atoms. The van der Waals surface area contributed by atoms with Crippen molar-refractivity contribution >= 4 is 11.1 Å². The van der Waals surface area contributed by atoms with E-state index in [1.807, 2.05) is 18.2 Å². The first-order valence-electron chi connectivity index (χ1n) is 7.38. The van der Waals surface area contributed by atoms with E-state index in [9.17, 15) is 9.18 Å². The number of benzene rings is 2. The molecule has 118 valence electrons. The second-order valence-corrected chi connectivity index (χ2v) is 5.27. The molecular formula is C18H12FN3O2. The van der Waals surface area contributed by atoms with E-state index in [2.05, 4.69) is 10.1 Å². The van der Waals surface area contributed by atoms with Crippen LogP contribution in [0.3, 0.4) is 0 Å². The summed E-state index contributed by atoms with van der Waals surface area (Å²) in [5.74, 6) is -0.0199. The fourth-order valence-electron chi connectivity index (χ4n) is 2.49. The predicted molar refractivity (Wildman–Crippen MR) is 87.0 cm³/mol. The second kappa shape index (κ2) is 5.73. The first-order valence-corrected chi connectivity index (χ1v) is 7.38. The summed E-state index contributed by atoms with van der Waals surface area (Å²) >= 11 is 0. The summed E-state index contributed by atoms with van der Waals surface area (Å²) < 4.78 is 20.7. The molecule has 0 saturated carbocycles. The van der Waals surface area contributed by atoms with Gasteiger partial charge in [-0.3, -0.25) is 4.79 Å². The summed E-state index contributed by atoms with van der Waals surface area (Å²) in [5, 5.41) is 4.23. The molecule has 0 atom stereocenters. The highest BCUT2D eigenvalue weighted by atomic mass is 19.1. The lowest BCUT2D eigenvalue weighted by molar-refractivity contribution is 0.482. The first kappa shape index (κ1) is 14.3. The zero-order valence-electron chi connectivity index (χ0n) is 12.5. The highest BCUT2D eigenvalue weighted by molar-refractivity contribution is 5.72. The number of hydrogen-bond donors (Lipinski definition) is 0. The largest absolute Gasteiger partial charge is 0.439 e. The summed E-state index contributed by atoms with van der Waals surface area (Å²) in [5.41, 5.74) is 1.77. The van der Waals surface area contributed by atoms with Crippen LogP contribution in [0.25, 0.3) is 22.4 Å². The van der Waals surface area contributed by atoms with Crippen molar-refractivity contribution in [3.8, 4) is 11.3 Å². The van der Waals surface area contributed by atoms with Crippen molar-refractivity contribution in [3.05, 3.63) is 82.7 Å².